The summed E-state index contributed by atoms with van der Waals surface area (Å²) in [5.41, 5.74) is 6.40. The van der Waals surface area contributed by atoms with E-state index in [0.717, 1.165) is 17.1 Å². The number of hydrogen-bond donors (Lipinski definition) is 1. The van der Waals surface area contributed by atoms with Crippen molar-refractivity contribution in [1.29, 1.82) is 5.26 Å². The number of allylic oxidation sites excluding steroid dienone is 1. The number of nitriles is 1. The quantitative estimate of drug-likeness (QED) is 0.730. The highest BCUT2D eigenvalue weighted by Crippen LogP contribution is 2.38. The lowest BCUT2D eigenvalue weighted by Gasteiger charge is -2.30. The van der Waals surface area contributed by atoms with Crippen LogP contribution in [0.25, 0.3) is 0 Å². The maximum absolute atomic E-state index is 13.0. The summed E-state index contributed by atoms with van der Waals surface area (Å²) in [4.78, 5) is 0. The van der Waals surface area contributed by atoms with Crippen molar-refractivity contribution in [2.75, 3.05) is 18.2 Å². The number of hydrogen-bond acceptors (Lipinski definition) is 5. The number of hydrazone groups is 1. The van der Waals surface area contributed by atoms with E-state index in [-0.39, 0.29) is 36.1 Å². The van der Waals surface area contributed by atoms with Crippen molar-refractivity contribution >= 4 is 39.7 Å². The minimum absolute atomic E-state index is 0. The Hall–Kier alpha value is -2.02. The van der Waals surface area contributed by atoms with Crippen molar-refractivity contribution in [2.24, 2.45) is 10.8 Å². The molecule has 2 N–H and O–H groups in total. The van der Waals surface area contributed by atoms with Crippen LogP contribution in [0.3, 0.4) is 0 Å². The van der Waals surface area contributed by atoms with E-state index in [0.29, 0.717) is 22.4 Å². The first kappa shape index (κ1) is 19.3. The van der Waals surface area contributed by atoms with Gasteiger partial charge >= 0.3 is 6.18 Å². The molecule has 132 valence electrons. The van der Waals surface area contributed by atoms with Gasteiger partial charge in [0.05, 0.1) is 30.2 Å². The zero-order valence-electron chi connectivity index (χ0n) is 12.5. The van der Waals surface area contributed by atoms with Gasteiger partial charge in [0.15, 0.2) is 0 Å². The standard InChI is InChI=1S/C15H10BrF3N4O.ClH/c16-11-2-1-8(15(17,18)19)5-13(11)23-14(21)10(6-20)9-3-4-24-7-12(9)22-23;/h1-3,5H,4,7,21H2;1H. The van der Waals surface area contributed by atoms with Crippen LogP contribution in [0.15, 0.2) is 50.8 Å². The summed E-state index contributed by atoms with van der Waals surface area (Å²) in [5.74, 6) is -0.0329. The summed E-state index contributed by atoms with van der Waals surface area (Å²) in [5, 5.41) is 14.8. The molecule has 0 fully saturated rings. The SMILES string of the molecule is Cl.N#CC1=C(N)N(c2cc(C(F)(F)F)ccc2Br)N=C2COCC=C21. The topological polar surface area (TPSA) is 74.6 Å². The van der Waals surface area contributed by atoms with E-state index in [1.54, 1.807) is 6.08 Å². The zero-order chi connectivity index (χ0) is 17.5. The maximum Gasteiger partial charge on any atom is 0.416 e. The van der Waals surface area contributed by atoms with Gasteiger partial charge in [-0.3, -0.25) is 0 Å². The Morgan fingerprint density at radius 1 is 1.36 bits per heavy atom. The third-order valence-electron chi connectivity index (χ3n) is 3.54. The molecule has 2 aliphatic heterocycles. The number of ether oxygens (including phenoxy) is 1. The van der Waals surface area contributed by atoms with Crippen LogP contribution in [-0.2, 0) is 10.9 Å². The van der Waals surface area contributed by atoms with E-state index < -0.39 is 11.7 Å². The van der Waals surface area contributed by atoms with E-state index in [9.17, 15) is 18.4 Å². The molecule has 10 heteroatoms. The fourth-order valence-corrected chi connectivity index (χ4v) is 2.81. The third-order valence-corrected chi connectivity index (χ3v) is 4.21. The average molecular weight is 436 g/mol. The number of alkyl halides is 3. The summed E-state index contributed by atoms with van der Waals surface area (Å²) in [6.45, 7) is 0.470. The van der Waals surface area contributed by atoms with Gasteiger partial charge < -0.3 is 10.5 Å². The number of fused-ring (bicyclic) bond motifs is 1. The van der Waals surface area contributed by atoms with Crippen molar-refractivity contribution in [3.8, 4) is 6.07 Å². The second-order valence-electron chi connectivity index (χ2n) is 5.03. The number of nitrogens with zero attached hydrogens (tertiary/aromatic N) is 3. The highest BCUT2D eigenvalue weighted by atomic mass is 79.9. The van der Waals surface area contributed by atoms with Gasteiger partial charge in [0.2, 0.25) is 0 Å². The molecule has 1 aromatic carbocycles. The highest BCUT2D eigenvalue weighted by molar-refractivity contribution is 9.10. The molecular weight excluding hydrogens is 425 g/mol. The molecule has 2 heterocycles. The fourth-order valence-electron chi connectivity index (χ4n) is 2.39. The summed E-state index contributed by atoms with van der Waals surface area (Å²) in [7, 11) is 0. The lowest BCUT2D eigenvalue weighted by molar-refractivity contribution is -0.137. The largest absolute Gasteiger partial charge is 0.416 e. The second kappa shape index (κ2) is 7.07. The van der Waals surface area contributed by atoms with E-state index in [2.05, 4.69) is 21.0 Å². The summed E-state index contributed by atoms with van der Waals surface area (Å²) in [6.07, 6.45) is -2.83. The van der Waals surface area contributed by atoms with Crippen LogP contribution in [0, 0.1) is 11.3 Å². The monoisotopic (exact) mass is 434 g/mol. The number of halogens is 5. The molecule has 0 saturated carbocycles. The number of rotatable bonds is 1. The Morgan fingerprint density at radius 3 is 2.72 bits per heavy atom. The van der Waals surface area contributed by atoms with E-state index in [4.69, 9.17) is 10.5 Å². The van der Waals surface area contributed by atoms with Gasteiger partial charge in [-0.25, -0.2) is 5.01 Å². The Balaban J connectivity index is 0.00000225. The molecule has 0 bridgehead atoms. The van der Waals surface area contributed by atoms with Gasteiger partial charge in [-0.2, -0.15) is 23.5 Å². The molecule has 0 spiro atoms. The zero-order valence-corrected chi connectivity index (χ0v) is 14.9. The highest BCUT2D eigenvalue weighted by Gasteiger charge is 2.33. The maximum atomic E-state index is 13.0. The molecule has 0 radical (unpaired) electrons. The van der Waals surface area contributed by atoms with Gasteiger partial charge in [0.1, 0.15) is 17.5 Å². The van der Waals surface area contributed by atoms with Gasteiger partial charge in [-0.15, -0.1) is 12.4 Å². The van der Waals surface area contributed by atoms with E-state index in [1.165, 1.54) is 6.07 Å². The first-order valence-electron chi connectivity index (χ1n) is 6.75. The van der Waals surface area contributed by atoms with Gasteiger partial charge in [0.25, 0.3) is 0 Å². The molecule has 25 heavy (non-hydrogen) atoms. The molecule has 0 aliphatic carbocycles. The number of anilines is 1. The lowest BCUT2D eigenvalue weighted by atomic mass is 9.99. The fraction of sp³-hybridized carbons (Fsp3) is 0.200. The molecule has 0 aromatic heterocycles. The first-order valence-corrected chi connectivity index (χ1v) is 7.55. The minimum Gasteiger partial charge on any atom is -0.383 e. The molecule has 0 unspecified atom stereocenters. The summed E-state index contributed by atoms with van der Waals surface area (Å²) >= 11 is 3.20. The smallest absolute Gasteiger partial charge is 0.383 e. The number of benzene rings is 1. The molecule has 2 aliphatic rings. The van der Waals surface area contributed by atoms with Crippen LogP contribution in [0.5, 0.6) is 0 Å². The van der Waals surface area contributed by atoms with Crippen molar-refractivity contribution in [3.05, 3.63) is 51.3 Å². The molecule has 0 amide bonds. The Labute approximate surface area is 155 Å². The van der Waals surface area contributed by atoms with Crippen molar-refractivity contribution in [2.45, 2.75) is 6.18 Å². The van der Waals surface area contributed by atoms with Gasteiger partial charge in [0, 0.05) is 10.0 Å². The van der Waals surface area contributed by atoms with Crippen molar-refractivity contribution < 1.29 is 17.9 Å². The van der Waals surface area contributed by atoms with Crippen LogP contribution >= 0.6 is 28.3 Å². The lowest BCUT2D eigenvalue weighted by Crippen LogP contribution is -2.34. The molecule has 1 aromatic rings. The van der Waals surface area contributed by atoms with E-state index >= 15 is 0 Å². The van der Waals surface area contributed by atoms with Crippen molar-refractivity contribution in [3.63, 3.8) is 0 Å². The Morgan fingerprint density at radius 2 is 2.08 bits per heavy atom. The summed E-state index contributed by atoms with van der Waals surface area (Å²) in [6, 6.07) is 5.13. The Kier molecular flexibility index (Phi) is 5.46. The van der Waals surface area contributed by atoms with Crippen LogP contribution < -0.4 is 10.7 Å². The normalized spacial score (nSPS) is 17.2. The molecule has 5 nitrogen and oxygen atoms in total. The van der Waals surface area contributed by atoms with Crippen LogP contribution in [0.2, 0.25) is 0 Å². The first-order chi connectivity index (χ1) is 11.3. The predicted molar refractivity (Wildman–Crippen MR) is 92.0 cm³/mol. The Bertz CT molecular complexity index is 842. The summed E-state index contributed by atoms with van der Waals surface area (Å²) < 4.78 is 44.6. The number of nitrogens with two attached hydrogens (primary N) is 1. The van der Waals surface area contributed by atoms with Crippen LogP contribution in [0.1, 0.15) is 5.56 Å². The van der Waals surface area contributed by atoms with Crippen molar-refractivity contribution in [1.82, 2.24) is 0 Å². The predicted octanol–water partition coefficient (Wildman–Crippen LogP) is 3.72. The van der Waals surface area contributed by atoms with Crippen LogP contribution in [0.4, 0.5) is 18.9 Å². The van der Waals surface area contributed by atoms with Gasteiger partial charge in [-0.05, 0) is 40.2 Å². The second-order valence-corrected chi connectivity index (χ2v) is 5.88. The molecule has 0 atom stereocenters. The van der Waals surface area contributed by atoms with Gasteiger partial charge in [-0.1, -0.05) is 0 Å². The average Bonchev–Trinajstić information content (AvgIpc) is 2.54. The molecule has 0 saturated heterocycles. The molecule has 3 rings (SSSR count). The third kappa shape index (κ3) is 3.51. The van der Waals surface area contributed by atoms with Crippen LogP contribution in [-0.4, -0.2) is 18.9 Å². The van der Waals surface area contributed by atoms with E-state index in [1.807, 2.05) is 6.07 Å². The minimum atomic E-state index is -4.51. The molecular formula is C15H11BrClF3N4O.